The van der Waals surface area contributed by atoms with Gasteiger partial charge in [-0.1, -0.05) is 17.8 Å². The van der Waals surface area contributed by atoms with Crippen molar-refractivity contribution in [1.29, 1.82) is 0 Å². The second-order valence-electron chi connectivity index (χ2n) is 4.35. The van der Waals surface area contributed by atoms with Gasteiger partial charge in [0.1, 0.15) is 0 Å². The van der Waals surface area contributed by atoms with Crippen LogP contribution in [0.2, 0.25) is 0 Å². The molecule has 0 saturated heterocycles. The molecule has 0 aliphatic heterocycles. The Morgan fingerprint density at radius 2 is 2.28 bits per heavy atom. The highest BCUT2D eigenvalue weighted by molar-refractivity contribution is 7.15. The Labute approximate surface area is 107 Å². The van der Waals surface area contributed by atoms with Crippen LogP contribution in [0.15, 0.2) is 0 Å². The molecule has 0 aromatic carbocycles. The summed E-state index contributed by atoms with van der Waals surface area (Å²) in [5.74, 6) is -0.0678. The molecule has 1 aliphatic carbocycles. The summed E-state index contributed by atoms with van der Waals surface area (Å²) in [6.07, 6.45) is 0.564. The van der Waals surface area contributed by atoms with Gasteiger partial charge >= 0.3 is 0 Å². The molecule has 1 aromatic heterocycles. The third-order valence-corrected chi connectivity index (χ3v) is 3.89. The molecule has 2 atom stereocenters. The first-order chi connectivity index (χ1) is 8.56. The van der Waals surface area contributed by atoms with E-state index in [0.29, 0.717) is 17.8 Å². The van der Waals surface area contributed by atoms with E-state index in [4.69, 9.17) is 5.73 Å². The van der Waals surface area contributed by atoms with Gasteiger partial charge in [-0.3, -0.25) is 4.79 Å². The predicted molar refractivity (Wildman–Crippen MR) is 63.4 cm³/mol. The van der Waals surface area contributed by atoms with E-state index in [1.54, 1.807) is 0 Å². The number of halogens is 2. The SMILES string of the molecule is N[C@@H]1CCC[C@H]1CC(=O)Nc1nnc(C(F)F)s1. The summed E-state index contributed by atoms with van der Waals surface area (Å²) < 4.78 is 24.6. The van der Waals surface area contributed by atoms with Crippen LogP contribution in [0.5, 0.6) is 0 Å². The Kier molecular flexibility index (Phi) is 4.18. The second-order valence-corrected chi connectivity index (χ2v) is 5.36. The molecule has 1 heterocycles. The Morgan fingerprint density at radius 3 is 2.83 bits per heavy atom. The number of hydrogen-bond donors (Lipinski definition) is 2. The number of anilines is 1. The van der Waals surface area contributed by atoms with Gasteiger partial charge in [0.2, 0.25) is 11.0 Å². The second kappa shape index (κ2) is 5.66. The van der Waals surface area contributed by atoms with Crippen LogP contribution < -0.4 is 11.1 Å². The molecule has 1 fully saturated rings. The first-order valence-electron chi connectivity index (χ1n) is 5.73. The molecule has 1 amide bonds. The number of hydrogen-bond acceptors (Lipinski definition) is 5. The van der Waals surface area contributed by atoms with E-state index in [2.05, 4.69) is 15.5 Å². The number of nitrogens with zero attached hydrogens (tertiary/aromatic N) is 2. The molecule has 8 heteroatoms. The predicted octanol–water partition coefficient (Wildman–Crippen LogP) is 1.93. The smallest absolute Gasteiger partial charge is 0.291 e. The lowest BCUT2D eigenvalue weighted by Gasteiger charge is -2.13. The van der Waals surface area contributed by atoms with Crippen LogP contribution in [0.3, 0.4) is 0 Å². The maximum Gasteiger partial charge on any atom is 0.291 e. The monoisotopic (exact) mass is 276 g/mol. The molecule has 5 nitrogen and oxygen atoms in total. The van der Waals surface area contributed by atoms with Crippen LogP contribution in [0.1, 0.15) is 37.1 Å². The van der Waals surface area contributed by atoms with Crippen LogP contribution in [0.4, 0.5) is 13.9 Å². The highest BCUT2D eigenvalue weighted by Gasteiger charge is 2.26. The fourth-order valence-electron chi connectivity index (χ4n) is 2.10. The van der Waals surface area contributed by atoms with E-state index >= 15 is 0 Å². The van der Waals surface area contributed by atoms with E-state index < -0.39 is 6.43 Å². The summed E-state index contributed by atoms with van der Waals surface area (Å²) in [5.41, 5.74) is 5.86. The summed E-state index contributed by atoms with van der Waals surface area (Å²) in [6.45, 7) is 0. The van der Waals surface area contributed by atoms with Gasteiger partial charge in [-0.15, -0.1) is 10.2 Å². The molecule has 2 rings (SSSR count). The van der Waals surface area contributed by atoms with Crippen LogP contribution in [0.25, 0.3) is 0 Å². The zero-order valence-corrected chi connectivity index (χ0v) is 10.4. The molecule has 1 aromatic rings. The van der Waals surface area contributed by atoms with Crippen molar-refractivity contribution in [2.75, 3.05) is 5.32 Å². The number of alkyl halides is 2. The fourth-order valence-corrected chi connectivity index (χ4v) is 2.72. The summed E-state index contributed by atoms with van der Waals surface area (Å²) in [4.78, 5) is 11.7. The minimum atomic E-state index is -2.66. The highest BCUT2D eigenvalue weighted by atomic mass is 32.1. The van der Waals surface area contributed by atoms with Gasteiger partial charge in [-0.25, -0.2) is 8.78 Å². The van der Waals surface area contributed by atoms with Crippen molar-refractivity contribution in [1.82, 2.24) is 10.2 Å². The van der Waals surface area contributed by atoms with Gasteiger partial charge in [0, 0.05) is 12.5 Å². The van der Waals surface area contributed by atoms with E-state index in [1.165, 1.54) is 0 Å². The summed E-state index contributed by atoms with van der Waals surface area (Å²) in [7, 11) is 0. The molecule has 0 radical (unpaired) electrons. The van der Waals surface area contributed by atoms with Crippen molar-refractivity contribution in [3.8, 4) is 0 Å². The van der Waals surface area contributed by atoms with Crippen LogP contribution in [-0.4, -0.2) is 22.1 Å². The van der Waals surface area contributed by atoms with Gasteiger partial charge < -0.3 is 11.1 Å². The number of carbonyl (C=O) groups is 1. The normalized spacial score (nSPS) is 23.6. The molecular formula is C10H14F2N4OS. The summed E-state index contributed by atoms with van der Waals surface area (Å²) in [6, 6.07) is 0.0572. The fraction of sp³-hybridized carbons (Fsp3) is 0.700. The number of nitrogens with one attached hydrogen (secondary N) is 1. The third kappa shape index (κ3) is 3.20. The third-order valence-electron chi connectivity index (χ3n) is 3.04. The van der Waals surface area contributed by atoms with E-state index in [9.17, 15) is 13.6 Å². The zero-order chi connectivity index (χ0) is 13.1. The minimum Gasteiger partial charge on any atom is -0.327 e. The lowest BCUT2D eigenvalue weighted by molar-refractivity contribution is -0.117. The van der Waals surface area contributed by atoms with Crippen LogP contribution in [0, 0.1) is 5.92 Å². The Balaban J connectivity index is 1.86. The van der Waals surface area contributed by atoms with Crippen LogP contribution in [-0.2, 0) is 4.79 Å². The first kappa shape index (κ1) is 13.3. The average Bonchev–Trinajstić information content (AvgIpc) is 2.89. The number of amides is 1. The molecule has 0 spiro atoms. The van der Waals surface area contributed by atoms with Crippen molar-refractivity contribution in [2.24, 2.45) is 11.7 Å². The standard InChI is InChI=1S/C10H14F2N4OS/c11-8(12)9-15-16-10(18-9)14-7(17)4-5-2-1-3-6(5)13/h5-6,8H,1-4,13H2,(H,14,16,17)/t5-,6+/m0/s1. The van der Waals surface area contributed by atoms with Crippen molar-refractivity contribution in [2.45, 2.75) is 38.2 Å². The summed E-state index contributed by atoms with van der Waals surface area (Å²) >= 11 is 0.693. The van der Waals surface area contributed by atoms with Crippen molar-refractivity contribution >= 4 is 22.4 Å². The largest absolute Gasteiger partial charge is 0.327 e. The minimum absolute atomic E-state index is 0.0572. The first-order valence-corrected chi connectivity index (χ1v) is 6.55. The number of carbonyl (C=O) groups excluding carboxylic acids is 1. The van der Waals surface area contributed by atoms with Gasteiger partial charge in [0.25, 0.3) is 6.43 Å². The van der Waals surface area contributed by atoms with Crippen molar-refractivity contribution in [3.63, 3.8) is 0 Å². The quantitative estimate of drug-likeness (QED) is 0.880. The van der Waals surface area contributed by atoms with Gasteiger partial charge in [-0.2, -0.15) is 0 Å². The molecular weight excluding hydrogens is 262 g/mol. The van der Waals surface area contributed by atoms with Crippen molar-refractivity contribution < 1.29 is 13.6 Å². The molecule has 0 unspecified atom stereocenters. The molecule has 3 N–H and O–H groups in total. The summed E-state index contributed by atoms with van der Waals surface area (Å²) in [5, 5.41) is 9.00. The molecule has 1 aliphatic rings. The van der Waals surface area contributed by atoms with Crippen molar-refractivity contribution in [3.05, 3.63) is 5.01 Å². The van der Waals surface area contributed by atoms with E-state index in [1.807, 2.05) is 0 Å². The van der Waals surface area contributed by atoms with Gasteiger partial charge in [0.05, 0.1) is 0 Å². The van der Waals surface area contributed by atoms with E-state index in [-0.39, 0.29) is 28.0 Å². The Hall–Kier alpha value is -1.15. The molecule has 1 saturated carbocycles. The maximum absolute atomic E-state index is 12.3. The molecule has 18 heavy (non-hydrogen) atoms. The highest BCUT2D eigenvalue weighted by Crippen LogP contribution is 2.28. The van der Waals surface area contributed by atoms with Gasteiger partial charge in [-0.05, 0) is 18.8 Å². The number of rotatable bonds is 4. The Morgan fingerprint density at radius 1 is 1.50 bits per heavy atom. The zero-order valence-electron chi connectivity index (χ0n) is 9.60. The number of aromatic nitrogens is 2. The average molecular weight is 276 g/mol. The van der Waals surface area contributed by atoms with Gasteiger partial charge in [0.15, 0.2) is 5.01 Å². The molecule has 100 valence electrons. The maximum atomic E-state index is 12.3. The topological polar surface area (TPSA) is 80.9 Å². The van der Waals surface area contributed by atoms with Crippen LogP contribution >= 0.6 is 11.3 Å². The lowest BCUT2D eigenvalue weighted by atomic mass is 10.00. The number of nitrogens with two attached hydrogens (primary N) is 1. The Bertz CT molecular complexity index is 426. The van der Waals surface area contributed by atoms with E-state index in [0.717, 1.165) is 19.3 Å². The lowest BCUT2D eigenvalue weighted by Crippen LogP contribution is -2.28. The molecule has 0 bridgehead atoms.